The summed E-state index contributed by atoms with van der Waals surface area (Å²) in [6.45, 7) is 6.54. The van der Waals surface area contributed by atoms with Gasteiger partial charge in [-0.05, 0) is 60.7 Å². The fourth-order valence-corrected chi connectivity index (χ4v) is 6.90. The molecule has 7 rings (SSSR count). The Morgan fingerprint density at radius 2 is 1.62 bits per heavy atom. The standard InChI is InChI=1S/C30H33N5O3S/c1-33-28-15-26(31-16-27(28)32-29(33)22-5-9-25(10-6-22)39(2,36)37)21-3-7-23(8-4-21)34-13-11-30(12-14-34)19-35(20-30)24-17-38-18-24/h3-10,15-16,24H,11-14,17-20H2,1-2H3. The van der Waals surface area contributed by atoms with Crippen LogP contribution in [0.3, 0.4) is 0 Å². The molecule has 0 unspecified atom stereocenters. The summed E-state index contributed by atoms with van der Waals surface area (Å²) in [5.41, 5.74) is 6.43. The molecule has 0 N–H and O–H groups in total. The van der Waals surface area contributed by atoms with Crippen molar-refractivity contribution in [2.75, 3.05) is 50.5 Å². The number of hydrogen-bond acceptors (Lipinski definition) is 7. The SMILES string of the molecule is Cn1c(-c2ccc(S(C)(=O)=O)cc2)nc2cnc(-c3ccc(N4CCC5(CC4)CN(C4COC4)C5)cc3)cc21. The molecule has 1 spiro atoms. The molecule has 39 heavy (non-hydrogen) atoms. The monoisotopic (exact) mass is 543 g/mol. The maximum Gasteiger partial charge on any atom is 0.175 e. The van der Waals surface area contributed by atoms with Crippen LogP contribution in [0.4, 0.5) is 5.69 Å². The Morgan fingerprint density at radius 1 is 0.949 bits per heavy atom. The van der Waals surface area contributed by atoms with Gasteiger partial charge in [-0.2, -0.15) is 0 Å². The second-order valence-electron chi connectivity index (χ2n) is 11.5. The summed E-state index contributed by atoms with van der Waals surface area (Å²) in [5, 5.41) is 0. The number of pyridine rings is 1. The molecular formula is C30H33N5O3S. The van der Waals surface area contributed by atoms with E-state index in [1.165, 1.54) is 37.9 Å². The zero-order chi connectivity index (χ0) is 26.8. The molecule has 202 valence electrons. The number of nitrogens with zero attached hydrogens (tertiary/aromatic N) is 5. The highest BCUT2D eigenvalue weighted by molar-refractivity contribution is 7.90. The highest BCUT2D eigenvalue weighted by Gasteiger charge is 2.48. The van der Waals surface area contributed by atoms with Crippen LogP contribution in [0.2, 0.25) is 0 Å². The topological polar surface area (TPSA) is 80.6 Å². The first kappa shape index (κ1) is 24.7. The van der Waals surface area contributed by atoms with Gasteiger partial charge in [0, 0.05) is 56.3 Å². The van der Waals surface area contributed by atoms with Gasteiger partial charge in [-0.25, -0.2) is 13.4 Å². The van der Waals surface area contributed by atoms with E-state index in [1.54, 1.807) is 24.3 Å². The smallest absolute Gasteiger partial charge is 0.175 e. The van der Waals surface area contributed by atoms with Gasteiger partial charge in [-0.1, -0.05) is 12.1 Å². The molecule has 0 aliphatic carbocycles. The fraction of sp³-hybridized carbons (Fsp3) is 0.400. The molecule has 3 aliphatic heterocycles. The number of piperidine rings is 1. The summed E-state index contributed by atoms with van der Waals surface area (Å²) < 4.78 is 31.0. The van der Waals surface area contributed by atoms with E-state index in [0.717, 1.165) is 60.0 Å². The second-order valence-corrected chi connectivity index (χ2v) is 13.5. The van der Waals surface area contributed by atoms with Crippen molar-refractivity contribution in [3.8, 4) is 22.6 Å². The Labute approximate surface area is 229 Å². The summed E-state index contributed by atoms with van der Waals surface area (Å²) in [6, 6.07) is 18.4. The summed E-state index contributed by atoms with van der Waals surface area (Å²) in [5.74, 6) is 0.776. The maximum atomic E-state index is 11.8. The largest absolute Gasteiger partial charge is 0.378 e. The third-order valence-corrected chi connectivity index (χ3v) is 10.0. The molecule has 0 atom stereocenters. The molecule has 3 fully saturated rings. The predicted octanol–water partition coefficient (Wildman–Crippen LogP) is 4.01. The van der Waals surface area contributed by atoms with Gasteiger partial charge < -0.3 is 14.2 Å². The first-order valence-electron chi connectivity index (χ1n) is 13.6. The van der Waals surface area contributed by atoms with Crippen LogP contribution in [-0.2, 0) is 21.6 Å². The van der Waals surface area contributed by atoms with Gasteiger partial charge in [0.15, 0.2) is 9.84 Å². The summed E-state index contributed by atoms with van der Waals surface area (Å²) in [6.07, 6.45) is 5.55. The van der Waals surface area contributed by atoms with E-state index in [0.29, 0.717) is 16.4 Å². The summed E-state index contributed by atoms with van der Waals surface area (Å²) in [4.78, 5) is 14.9. The number of aromatic nitrogens is 3. The van der Waals surface area contributed by atoms with Crippen molar-refractivity contribution < 1.29 is 13.2 Å². The molecule has 0 amide bonds. The molecule has 4 aromatic rings. The average molecular weight is 544 g/mol. The number of benzene rings is 2. The van der Waals surface area contributed by atoms with E-state index in [4.69, 9.17) is 14.7 Å². The predicted molar refractivity (Wildman–Crippen MR) is 153 cm³/mol. The quantitative estimate of drug-likeness (QED) is 0.376. The van der Waals surface area contributed by atoms with Crippen LogP contribution in [0.25, 0.3) is 33.7 Å². The van der Waals surface area contributed by atoms with E-state index in [-0.39, 0.29) is 0 Å². The molecule has 0 radical (unpaired) electrons. The highest BCUT2D eigenvalue weighted by Crippen LogP contribution is 2.43. The van der Waals surface area contributed by atoms with E-state index in [9.17, 15) is 8.42 Å². The molecule has 2 aromatic heterocycles. The molecule has 0 bridgehead atoms. The van der Waals surface area contributed by atoms with Crippen LogP contribution in [0.5, 0.6) is 0 Å². The van der Waals surface area contributed by atoms with Gasteiger partial charge in [0.05, 0.1) is 41.6 Å². The van der Waals surface area contributed by atoms with Crippen LogP contribution in [-0.4, -0.2) is 79.5 Å². The number of likely N-dealkylation sites (tertiary alicyclic amines) is 1. The lowest BCUT2D eigenvalue weighted by atomic mass is 9.71. The molecule has 3 aliphatic rings. The molecule has 8 nitrogen and oxygen atoms in total. The van der Waals surface area contributed by atoms with Crippen molar-refractivity contribution in [2.45, 2.75) is 23.8 Å². The van der Waals surface area contributed by atoms with Gasteiger partial charge in [-0.15, -0.1) is 0 Å². The number of hydrogen-bond donors (Lipinski definition) is 0. The van der Waals surface area contributed by atoms with E-state index in [2.05, 4.69) is 40.1 Å². The lowest BCUT2D eigenvalue weighted by Gasteiger charge is -2.58. The van der Waals surface area contributed by atoms with Crippen molar-refractivity contribution in [1.82, 2.24) is 19.4 Å². The van der Waals surface area contributed by atoms with Crippen LogP contribution in [0.15, 0.2) is 65.7 Å². The number of fused-ring (bicyclic) bond motifs is 1. The van der Waals surface area contributed by atoms with Crippen LogP contribution >= 0.6 is 0 Å². The van der Waals surface area contributed by atoms with Crippen LogP contribution < -0.4 is 4.90 Å². The van der Waals surface area contributed by atoms with Gasteiger partial charge in [0.1, 0.15) is 11.3 Å². The Morgan fingerprint density at radius 3 is 2.23 bits per heavy atom. The molecular weight excluding hydrogens is 510 g/mol. The Hall–Kier alpha value is -3.27. The third-order valence-electron chi connectivity index (χ3n) is 8.87. The normalized spacial score (nSPS) is 19.8. The molecule has 3 saturated heterocycles. The summed E-state index contributed by atoms with van der Waals surface area (Å²) >= 11 is 0. The highest BCUT2D eigenvalue weighted by atomic mass is 32.2. The molecule has 0 saturated carbocycles. The number of aryl methyl sites for hydroxylation is 1. The average Bonchev–Trinajstić information content (AvgIpc) is 3.22. The van der Waals surface area contributed by atoms with Crippen molar-refractivity contribution in [1.29, 1.82) is 0 Å². The van der Waals surface area contributed by atoms with E-state index < -0.39 is 9.84 Å². The van der Waals surface area contributed by atoms with E-state index >= 15 is 0 Å². The Balaban J connectivity index is 1.06. The van der Waals surface area contributed by atoms with Gasteiger partial charge in [0.2, 0.25) is 0 Å². The maximum absolute atomic E-state index is 11.8. The first-order chi connectivity index (χ1) is 18.8. The molecule has 9 heteroatoms. The van der Waals surface area contributed by atoms with Gasteiger partial charge in [-0.3, -0.25) is 9.88 Å². The van der Waals surface area contributed by atoms with Crippen molar-refractivity contribution in [2.24, 2.45) is 12.5 Å². The number of imidazole rings is 1. The van der Waals surface area contributed by atoms with Gasteiger partial charge in [0.25, 0.3) is 0 Å². The zero-order valence-corrected chi connectivity index (χ0v) is 23.2. The van der Waals surface area contributed by atoms with Crippen molar-refractivity contribution in [3.63, 3.8) is 0 Å². The van der Waals surface area contributed by atoms with E-state index in [1.807, 2.05) is 17.8 Å². The van der Waals surface area contributed by atoms with Crippen molar-refractivity contribution in [3.05, 3.63) is 60.8 Å². The number of rotatable bonds is 5. The summed E-state index contributed by atoms with van der Waals surface area (Å²) in [7, 11) is -1.26. The molecule has 2 aromatic carbocycles. The van der Waals surface area contributed by atoms with Crippen LogP contribution in [0, 0.1) is 5.41 Å². The zero-order valence-electron chi connectivity index (χ0n) is 22.4. The van der Waals surface area contributed by atoms with Crippen molar-refractivity contribution >= 4 is 26.6 Å². The Bertz CT molecular complexity index is 1630. The third kappa shape index (κ3) is 4.42. The lowest BCUT2D eigenvalue weighted by molar-refractivity contribution is -0.136. The van der Waals surface area contributed by atoms with Crippen LogP contribution in [0.1, 0.15) is 12.8 Å². The minimum absolute atomic E-state index is 0.302. The number of ether oxygens (including phenoxy) is 1. The number of anilines is 1. The molecule has 5 heterocycles. The minimum atomic E-state index is -3.24. The Kier molecular flexibility index (Phi) is 5.80. The van der Waals surface area contributed by atoms with Gasteiger partial charge >= 0.3 is 0 Å². The lowest BCUT2D eigenvalue weighted by Crippen LogP contribution is -2.66. The minimum Gasteiger partial charge on any atom is -0.378 e. The first-order valence-corrected chi connectivity index (χ1v) is 15.5. The fourth-order valence-electron chi connectivity index (χ4n) is 6.27. The second kappa shape index (κ2) is 9.15. The number of sulfone groups is 1.